The summed E-state index contributed by atoms with van der Waals surface area (Å²) in [5.41, 5.74) is 4.20. The van der Waals surface area contributed by atoms with Crippen LogP contribution in [0.1, 0.15) is 48.8 Å². The summed E-state index contributed by atoms with van der Waals surface area (Å²) in [5.74, 6) is 1.91. The first-order valence-electron chi connectivity index (χ1n) is 9.34. The molecule has 0 aliphatic carbocycles. The molecule has 0 aliphatic rings. The molecule has 3 rings (SSSR count). The molecule has 0 saturated heterocycles. The Morgan fingerprint density at radius 1 is 0.960 bits per heavy atom. The van der Waals surface area contributed by atoms with Gasteiger partial charge in [0.2, 0.25) is 0 Å². The van der Waals surface area contributed by atoms with Crippen molar-refractivity contribution in [2.24, 2.45) is 7.05 Å². The van der Waals surface area contributed by atoms with Crippen LogP contribution in [0.4, 0.5) is 0 Å². The lowest BCUT2D eigenvalue weighted by Gasteiger charge is -2.09. The van der Waals surface area contributed by atoms with Crippen LogP contribution in [0.5, 0.6) is 0 Å². The summed E-state index contributed by atoms with van der Waals surface area (Å²) in [5, 5.41) is 0. The van der Waals surface area contributed by atoms with Crippen LogP contribution in [0.15, 0.2) is 66.9 Å². The van der Waals surface area contributed by atoms with Gasteiger partial charge in [-0.15, -0.1) is 0 Å². The number of aromatic nitrogens is 2. The summed E-state index contributed by atoms with van der Waals surface area (Å²) >= 11 is 0. The topological polar surface area (TPSA) is 8.81 Å². The zero-order valence-corrected chi connectivity index (χ0v) is 15.7. The van der Waals surface area contributed by atoms with Gasteiger partial charge >= 0.3 is 0 Å². The van der Waals surface area contributed by atoms with Crippen LogP contribution in [0.25, 0.3) is 0 Å². The van der Waals surface area contributed by atoms with Gasteiger partial charge in [0.15, 0.2) is 0 Å². The van der Waals surface area contributed by atoms with Gasteiger partial charge in [0.25, 0.3) is 5.82 Å². The van der Waals surface area contributed by atoms with Gasteiger partial charge in [0.1, 0.15) is 11.9 Å². The molecule has 1 atom stereocenters. The number of aryl methyl sites for hydroxylation is 1. The second-order valence-electron chi connectivity index (χ2n) is 6.97. The first-order chi connectivity index (χ1) is 12.2. The molecule has 0 radical (unpaired) electrons. The second-order valence-corrected chi connectivity index (χ2v) is 6.97. The minimum atomic E-state index is 0.523. The quantitative estimate of drug-likeness (QED) is 0.556. The molecule has 0 aliphatic heterocycles. The predicted octanol–water partition coefficient (Wildman–Crippen LogP) is 4.66. The summed E-state index contributed by atoms with van der Waals surface area (Å²) in [6, 6.07) is 21.6. The van der Waals surface area contributed by atoms with Gasteiger partial charge in [0.05, 0.1) is 20.0 Å². The van der Waals surface area contributed by atoms with Crippen molar-refractivity contribution in [1.29, 1.82) is 0 Å². The SMILES string of the molecule is CCC[n+]1cc(CC(C)c2ccccc2)n(C)c1Cc1ccccc1. The fourth-order valence-corrected chi connectivity index (χ4v) is 3.54. The fraction of sp³-hybridized carbons (Fsp3) is 0.348. The Kier molecular flexibility index (Phi) is 5.70. The monoisotopic (exact) mass is 333 g/mol. The molecule has 0 fully saturated rings. The van der Waals surface area contributed by atoms with Crippen LogP contribution in [0, 0.1) is 0 Å². The van der Waals surface area contributed by atoms with Crippen LogP contribution in [-0.2, 0) is 26.4 Å². The van der Waals surface area contributed by atoms with Crippen molar-refractivity contribution in [3.8, 4) is 0 Å². The summed E-state index contributed by atoms with van der Waals surface area (Å²) in [6.07, 6.45) is 5.57. The first kappa shape index (κ1) is 17.5. The van der Waals surface area contributed by atoms with Crippen LogP contribution in [0.2, 0.25) is 0 Å². The van der Waals surface area contributed by atoms with Gasteiger partial charge in [0, 0.05) is 6.42 Å². The number of nitrogens with zero attached hydrogens (tertiary/aromatic N) is 2. The molecule has 2 nitrogen and oxygen atoms in total. The van der Waals surface area contributed by atoms with Crippen molar-refractivity contribution in [2.45, 2.75) is 45.6 Å². The first-order valence-corrected chi connectivity index (χ1v) is 9.34. The zero-order valence-electron chi connectivity index (χ0n) is 15.7. The Labute approximate surface area is 151 Å². The van der Waals surface area contributed by atoms with Gasteiger partial charge in [-0.05, 0) is 23.5 Å². The van der Waals surface area contributed by atoms with E-state index in [1.54, 1.807) is 0 Å². The Morgan fingerprint density at radius 3 is 2.24 bits per heavy atom. The Balaban J connectivity index is 1.86. The normalized spacial score (nSPS) is 12.3. The minimum Gasteiger partial charge on any atom is -0.234 e. The zero-order chi connectivity index (χ0) is 17.6. The smallest absolute Gasteiger partial charge is 0.234 e. The van der Waals surface area contributed by atoms with E-state index in [2.05, 4.69) is 96.9 Å². The summed E-state index contributed by atoms with van der Waals surface area (Å²) in [7, 11) is 2.22. The van der Waals surface area contributed by atoms with Crippen molar-refractivity contribution >= 4 is 0 Å². The third-order valence-corrected chi connectivity index (χ3v) is 5.01. The maximum absolute atomic E-state index is 2.44. The van der Waals surface area contributed by atoms with Gasteiger partial charge < -0.3 is 0 Å². The fourth-order valence-electron chi connectivity index (χ4n) is 3.54. The third-order valence-electron chi connectivity index (χ3n) is 5.01. The largest absolute Gasteiger partial charge is 0.260 e. The molecule has 130 valence electrons. The standard InChI is InChI=1S/C23H29N2/c1-4-15-25-18-22(16-19(2)21-13-9-6-10-14-21)24(3)23(25)17-20-11-7-5-8-12-20/h5-14,18-19H,4,15-17H2,1-3H3/q+1. The van der Waals surface area contributed by atoms with E-state index in [0.29, 0.717) is 5.92 Å². The number of hydrogen-bond donors (Lipinski definition) is 0. The maximum Gasteiger partial charge on any atom is 0.260 e. The van der Waals surface area contributed by atoms with E-state index in [4.69, 9.17) is 0 Å². The van der Waals surface area contributed by atoms with E-state index in [1.165, 1.54) is 22.6 Å². The lowest BCUT2D eigenvalue weighted by molar-refractivity contribution is -0.703. The van der Waals surface area contributed by atoms with Gasteiger partial charge in [-0.2, -0.15) is 0 Å². The highest BCUT2D eigenvalue weighted by Crippen LogP contribution is 2.20. The summed E-state index contributed by atoms with van der Waals surface area (Å²) in [6.45, 7) is 5.65. The Bertz CT molecular complexity index is 788. The predicted molar refractivity (Wildman–Crippen MR) is 104 cm³/mol. The van der Waals surface area contributed by atoms with E-state index < -0.39 is 0 Å². The van der Waals surface area contributed by atoms with Gasteiger partial charge in [-0.1, -0.05) is 74.5 Å². The summed E-state index contributed by atoms with van der Waals surface area (Å²) < 4.78 is 4.85. The molecule has 0 spiro atoms. The molecule has 1 heterocycles. The van der Waals surface area contributed by atoms with Gasteiger partial charge in [-0.25, -0.2) is 9.13 Å². The summed E-state index contributed by atoms with van der Waals surface area (Å²) in [4.78, 5) is 0. The average molecular weight is 333 g/mol. The number of benzene rings is 2. The van der Waals surface area contributed by atoms with E-state index in [1.807, 2.05) is 0 Å². The van der Waals surface area contributed by atoms with E-state index in [-0.39, 0.29) is 0 Å². The van der Waals surface area contributed by atoms with Crippen LogP contribution in [0.3, 0.4) is 0 Å². The molecular weight excluding hydrogens is 304 g/mol. The van der Waals surface area contributed by atoms with Crippen LogP contribution in [-0.4, -0.2) is 4.57 Å². The highest BCUT2D eigenvalue weighted by atomic mass is 15.1. The van der Waals surface area contributed by atoms with Crippen LogP contribution >= 0.6 is 0 Å². The number of imidazole rings is 1. The lowest BCUT2D eigenvalue weighted by atomic mass is 9.96. The Hall–Kier alpha value is -2.35. The highest BCUT2D eigenvalue weighted by Gasteiger charge is 2.22. The van der Waals surface area contributed by atoms with Crippen molar-refractivity contribution in [1.82, 2.24) is 4.57 Å². The molecule has 1 unspecified atom stereocenters. The van der Waals surface area contributed by atoms with Crippen molar-refractivity contribution in [3.05, 3.63) is 89.5 Å². The lowest BCUT2D eigenvalue weighted by Crippen LogP contribution is -2.36. The Morgan fingerprint density at radius 2 is 1.60 bits per heavy atom. The van der Waals surface area contributed by atoms with Crippen LogP contribution < -0.4 is 4.57 Å². The van der Waals surface area contributed by atoms with E-state index in [9.17, 15) is 0 Å². The maximum atomic E-state index is 2.44. The molecular formula is C23H29N2+. The molecule has 0 N–H and O–H groups in total. The number of rotatable bonds is 7. The highest BCUT2D eigenvalue weighted by molar-refractivity contribution is 5.22. The molecule has 0 amide bonds. The molecule has 25 heavy (non-hydrogen) atoms. The van der Waals surface area contributed by atoms with Gasteiger partial charge in [-0.3, -0.25) is 0 Å². The molecule has 2 heteroatoms. The third kappa shape index (κ3) is 4.19. The molecule has 0 saturated carbocycles. The average Bonchev–Trinajstić information content (AvgIpc) is 2.92. The molecule has 0 bridgehead atoms. The molecule has 2 aromatic carbocycles. The van der Waals surface area contributed by atoms with Crippen molar-refractivity contribution in [3.63, 3.8) is 0 Å². The van der Waals surface area contributed by atoms with Crippen molar-refractivity contribution < 1.29 is 4.57 Å². The minimum absolute atomic E-state index is 0.523. The second kappa shape index (κ2) is 8.15. The molecule has 3 aromatic rings. The van der Waals surface area contributed by atoms with E-state index >= 15 is 0 Å². The molecule has 1 aromatic heterocycles. The van der Waals surface area contributed by atoms with Crippen molar-refractivity contribution in [2.75, 3.05) is 0 Å². The number of hydrogen-bond acceptors (Lipinski definition) is 0. The van der Waals surface area contributed by atoms with E-state index in [0.717, 1.165) is 25.8 Å².